The maximum atomic E-state index is 11.1. The number of thioether (sulfide) groups is 1. The molecule has 1 amide bonds. The van der Waals surface area contributed by atoms with E-state index in [1.165, 1.54) is 0 Å². The Morgan fingerprint density at radius 1 is 1.55 bits per heavy atom. The van der Waals surface area contributed by atoms with E-state index in [2.05, 4.69) is 10.6 Å². The fraction of sp³-hybridized carbons (Fsp3) is 0.857. The van der Waals surface area contributed by atoms with E-state index in [-0.39, 0.29) is 11.9 Å². The number of carbonyl (C=O) groups is 1. The Balaban J connectivity index is 3.65. The van der Waals surface area contributed by atoms with Crippen LogP contribution in [-0.4, -0.2) is 38.1 Å². The highest BCUT2D eigenvalue weighted by molar-refractivity contribution is 7.98. The highest BCUT2D eigenvalue weighted by atomic mass is 32.2. The molecule has 0 bridgehead atoms. The van der Waals surface area contributed by atoms with Crippen molar-refractivity contribution in [1.82, 2.24) is 10.6 Å². The molecule has 3 nitrogen and oxygen atoms in total. The van der Waals surface area contributed by atoms with Crippen LogP contribution in [0.3, 0.4) is 0 Å². The van der Waals surface area contributed by atoms with Crippen molar-refractivity contribution < 1.29 is 4.79 Å². The zero-order valence-corrected chi connectivity index (χ0v) is 8.12. The van der Waals surface area contributed by atoms with Gasteiger partial charge in [-0.15, -0.1) is 0 Å². The molecule has 0 radical (unpaired) electrons. The molecule has 1 atom stereocenters. The predicted octanol–water partition coefficient (Wildman–Crippen LogP) is 0.0735. The highest BCUT2D eigenvalue weighted by Gasteiger charge is 2.12. The van der Waals surface area contributed by atoms with Crippen molar-refractivity contribution in [3.05, 3.63) is 0 Å². The Kier molecular flexibility index (Phi) is 6.36. The summed E-state index contributed by atoms with van der Waals surface area (Å²) in [5, 5.41) is 5.58. The van der Waals surface area contributed by atoms with Gasteiger partial charge in [0.1, 0.15) is 0 Å². The van der Waals surface area contributed by atoms with Crippen LogP contribution in [0.2, 0.25) is 0 Å². The summed E-state index contributed by atoms with van der Waals surface area (Å²) in [6.07, 6.45) is 2.92. The van der Waals surface area contributed by atoms with Crippen molar-refractivity contribution >= 4 is 17.7 Å². The first-order valence-electron chi connectivity index (χ1n) is 3.64. The smallest absolute Gasteiger partial charge is 0.236 e. The van der Waals surface area contributed by atoms with Gasteiger partial charge in [0.25, 0.3) is 0 Å². The minimum Gasteiger partial charge on any atom is -0.358 e. The SMILES string of the molecule is CNC(=O)C(CCSC)NC. The van der Waals surface area contributed by atoms with Crippen LogP contribution >= 0.6 is 11.8 Å². The second-order valence-electron chi connectivity index (χ2n) is 2.24. The van der Waals surface area contributed by atoms with Gasteiger partial charge >= 0.3 is 0 Å². The molecule has 0 aromatic heterocycles. The number of nitrogens with one attached hydrogen (secondary N) is 2. The monoisotopic (exact) mass is 176 g/mol. The molecule has 1 unspecified atom stereocenters. The number of likely N-dealkylation sites (N-methyl/N-ethyl adjacent to an activating group) is 2. The third-order valence-corrected chi connectivity index (χ3v) is 2.17. The Hall–Kier alpha value is -0.220. The van der Waals surface area contributed by atoms with Crippen molar-refractivity contribution in [1.29, 1.82) is 0 Å². The molecular weight excluding hydrogens is 160 g/mol. The summed E-state index contributed by atoms with van der Waals surface area (Å²) in [4.78, 5) is 11.1. The van der Waals surface area contributed by atoms with Gasteiger partial charge in [-0.05, 0) is 25.5 Å². The summed E-state index contributed by atoms with van der Waals surface area (Å²) in [6.45, 7) is 0. The molecule has 66 valence electrons. The zero-order chi connectivity index (χ0) is 8.69. The van der Waals surface area contributed by atoms with E-state index in [0.29, 0.717) is 0 Å². The summed E-state index contributed by atoms with van der Waals surface area (Å²) < 4.78 is 0. The fourth-order valence-corrected chi connectivity index (χ4v) is 1.29. The van der Waals surface area contributed by atoms with Gasteiger partial charge in [-0.3, -0.25) is 4.79 Å². The number of hydrogen-bond donors (Lipinski definition) is 2. The second kappa shape index (κ2) is 6.49. The van der Waals surface area contributed by atoms with Gasteiger partial charge in [-0.2, -0.15) is 11.8 Å². The van der Waals surface area contributed by atoms with Gasteiger partial charge in [0.05, 0.1) is 6.04 Å². The van der Waals surface area contributed by atoms with Crippen LogP contribution in [0.5, 0.6) is 0 Å². The minimum absolute atomic E-state index is 0.0348. The molecule has 2 N–H and O–H groups in total. The molecule has 4 heteroatoms. The van der Waals surface area contributed by atoms with E-state index >= 15 is 0 Å². The lowest BCUT2D eigenvalue weighted by Crippen LogP contribution is -2.41. The normalized spacial score (nSPS) is 12.6. The summed E-state index contributed by atoms with van der Waals surface area (Å²) in [6, 6.07) is -0.0348. The Morgan fingerprint density at radius 3 is 2.55 bits per heavy atom. The molecule has 0 fully saturated rings. The molecule has 0 aliphatic carbocycles. The number of carbonyl (C=O) groups excluding carboxylic acids is 1. The van der Waals surface area contributed by atoms with Crippen LogP contribution in [-0.2, 0) is 4.79 Å². The van der Waals surface area contributed by atoms with E-state index in [0.717, 1.165) is 12.2 Å². The maximum absolute atomic E-state index is 11.1. The summed E-state index contributed by atoms with van der Waals surface area (Å²) >= 11 is 1.75. The van der Waals surface area contributed by atoms with Crippen LogP contribution in [0, 0.1) is 0 Å². The Morgan fingerprint density at radius 2 is 2.18 bits per heavy atom. The molecule has 0 saturated heterocycles. The van der Waals surface area contributed by atoms with Crippen LogP contribution in [0.25, 0.3) is 0 Å². The van der Waals surface area contributed by atoms with Crippen LogP contribution in [0.4, 0.5) is 0 Å². The van der Waals surface area contributed by atoms with Gasteiger partial charge < -0.3 is 10.6 Å². The maximum Gasteiger partial charge on any atom is 0.236 e. The predicted molar refractivity (Wildman–Crippen MR) is 49.9 cm³/mol. The fourth-order valence-electron chi connectivity index (χ4n) is 0.816. The molecule has 0 aliphatic rings. The second-order valence-corrected chi connectivity index (χ2v) is 3.22. The molecule has 0 aromatic carbocycles. The topological polar surface area (TPSA) is 41.1 Å². The molecule has 0 spiro atoms. The summed E-state index contributed by atoms with van der Waals surface area (Å²) in [5.74, 6) is 1.08. The lowest BCUT2D eigenvalue weighted by Gasteiger charge is -2.12. The highest BCUT2D eigenvalue weighted by Crippen LogP contribution is 1.99. The lowest BCUT2D eigenvalue weighted by atomic mass is 10.2. The molecular formula is C7H16N2OS. The third kappa shape index (κ3) is 4.27. The van der Waals surface area contributed by atoms with Crippen molar-refractivity contribution in [2.45, 2.75) is 12.5 Å². The largest absolute Gasteiger partial charge is 0.358 e. The van der Waals surface area contributed by atoms with Crippen molar-refractivity contribution in [3.63, 3.8) is 0 Å². The quantitative estimate of drug-likeness (QED) is 0.623. The van der Waals surface area contributed by atoms with Crippen molar-refractivity contribution in [3.8, 4) is 0 Å². The lowest BCUT2D eigenvalue weighted by molar-refractivity contribution is -0.122. The molecule has 0 saturated carbocycles. The Labute approximate surface area is 72.3 Å². The summed E-state index contributed by atoms with van der Waals surface area (Å²) in [7, 11) is 3.46. The van der Waals surface area contributed by atoms with Gasteiger partial charge in [0.15, 0.2) is 0 Å². The van der Waals surface area contributed by atoms with Gasteiger partial charge in [0, 0.05) is 7.05 Å². The van der Waals surface area contributed by atoms with E-state index in [9.17, 15) is 4.79 Å². The standard InChI is InChI=1S/C7H16N2OS/c1-8-6(4-5-11-3)7(10)9-2/h6,8H,4-5H2,1-3H3,(H,9,10). The van der Waals surface area contributed by atoms with E-state index < -0.39 is 0 Å². The molecule has 0 aliphatic heterocycles. The van der Waals surface area contributed by atoms with E-state index in [1.807, 2.05) is 6.26 Å². The summed E-state index contributed by atoms with van der Waals surface area (Å²) in [5.41, 5.74) is 0. The molecule has 0 aromatic rings. The number of hydrogen-bond acceptors (Lipinski definition) is 3. The van der Waals surface area contributed by atoms with E-state index in [4.69, 9.17) is 0 Å². The molecule has 0 heterocycles. The van der Waals surface area contributed by atoms with Gasteiger partial charge in [-0.1, -0.05) is 0 Å². The number of amides is 1. The van der Waals surface area contributed by atoms with Crippen molar-refractivity contribution in [2.24, 2.45) is 0 Å². The number of rotatable bonds is 5. The van der Waals surface area contributed by atoms with Crippen LogP contribution < -0.4 is 10.6 Å². The molecule has 11 heavy (non-hydrogen) atoms. The minimum atomic E-state index is -0.0348. The van der Waals surface area contributed by atoms with Crippen LogP contribution in [0.15, 0.2) is 0 Å². The van der Waals surface area contributed by atoms with Gasteiger partial charge in [0.2, 0.25) is 5.91 Å². The van der Waals surface area contributed by atoms with Crippen LogP contribution in [0.1, 0.15) is 6.42 Å². The molecule has 0 rings (SSSR count). The third-order valence-electron chi connectivity index (χ3n) is 1.52. The first kappa shape index (κ1) is 10.8. The van der Waals surface area contributed by atoms with E-state index in [1.54, 1.807) is 25.9 Å². The first-order valence-corrected chi connectivity index (χ1v) is 5.03. The Bertz CT molecular complexity index is 119. The zero-order valence-electron chi connectivity index (χ0n) is 7.31. The average molecular weight is 176 g/mol. The first-order chi connectivity index (χ1) is 5.26. The van der Waals surface area contributed by atoms with Crippen molar-refractivity contribution in [2.75, 3.05) is 26.1 Å². The van der Waals surface area contributed by atoms with Gasteiger partial charge in [-0.25, -0.2) is 0 Å². The average Bonchev–Trinajstić information content (AvgIpc) is 2.05.